The van der Waals surface area contributed by atoms with Gasteiger partial charge in [-0.3, -0.25) is 0 Å². The minimum atomic E-state index is -0.907. The molecule has 0 saturated heterocycles. The molecular weight excluding hydrogens is 1690 g/mol. The zero-order chi connectivity index (χ0) is 91.3. The van der Waals surface area contributed by atoms with E-state index in [1.54, 1.807) is 36.4 Å². The second-order valence-electron chi connectivity index (χ2n) is 39.0. The molecule has 4 aliphatic rings. The van der Waals surface area contributed by atoms with Gasteiger partial charge in [-0.2, -0.15) is 0 Å². The molecule has 20 aromatic carbocycles. The van der Waals surface area contributed by atoms with E-state index in [1.807, 2.05) is 36.4 Å². The van der Waals surface area contributed by atoms with Gasteiger partial charge in [-0.15, -0.1) is 0 Å². The maximum Gasteiger partial charge on any atom is 0.123 e. The molecule has 2 aliphatic carbocycles. The Hall–Kier alpha value is -15.8. The van der Waals surface area contributed by atoms with Crippen molar-refractivity contribution < 1.29 is 13.2 Å². The lowest BCUT2D eigenvalue weighted by atomic mass is 9.64. The number of fused-ring (bicyclic) bond motifs is 26. The summed E-state index contributed by atoms with van der Waals surface area (Å²) in [6, 6.07) is 152. The van der Waals surface area contributed by atoms with Crippen LogP contribution in [0.3, 0.4) is 0 Å². The molecular formula is C130H114F3N5. The van der Waals surface area contributed by atoms with E-state index in [9.17, 15) is 4.39 Å². The third-order valence-electron chi connectivity index (χ3n) is 28.3. The Kier molecular flexibility index (Phi) is 23.3. The second-order valence-corrected chi connectivity index (χ2v) is 39.0. The van der Waals surface area contributed by atoms with Gasteiger partial charge in [0.2, 0.25) is 0 Å². The third-order valence-corrected chi connectivity index (χ3v) is 28.3. The fraction of sp³-hybridized carbons (Fsp3) is 0.138. The first-order valence-electron chi connectivity index (χ1n) is 46.4. The average molecular weight is 1800 g/mol. The summed E-state index contributed by atoms with van der Waals surface area (Å²) in [6.45, 7) is 20.1. The summed E-state index contributed by atoms with van der Waals surface area (Å²) in [5, 5.41) is 9.12. The Balaban J connectivity index is 0.000000177. The van der Waals surface area contributed by atoms with Gasteiger partial charge < -0.3 is 24.5 Å². The molecule has 0 saturated carbocycles. The molecule has 0 aromatic heterocycles. The zero-order valence-electron chi connectivity index (χ0n) is 76.4. The van der Waals surface area contributed by atoms with Crippen molar-refractivity contribution in [3.8, 4) is 22.3 Å². The normalized spacial score (nSPS) is 13.1. The Morgan fingerprint density at radius 3 is 0.710 bits per heavy atom. The van der Waals surface area contributed by atoms with Crippen molar-refractivity contribution in [2.75, 3.05) is 24.5 Å². The predicted octanol–water partition coefficient (Wildman–Crippen LogP) is 37.5. The van der Waals surface area contributed by atoms with Crippen LogP contribution in [0.15, 0.2) is 431 Å². The third kappa shape index (κ3) is 14.5. The molecule has 24 rings (SSSR count). The average Bonchev–Trinajstić information content (AvgIpc) is 1.50. The first-order chi connectivity index (χ1) is 65.1. The lowest BCUT2D eigenvalue weighted by molar-refractivity contribution is 0.590. The summed E-state index contributed by atoms with van der Waals surface area (Å²) in [5.41, 5.74) is 31.6. The van der Waals surface area contributed by atoms with Crippen LogP contribution in [0.1, 0.15) is 153 Å². The molecule has 0 unspecified atom stereocenters. The Labute approximate surface area is 811 Å². The summed E-state index contributed by atoms with van der Waals surface area (Å²) in [7, 11) is 0. The highest BCUT2D eigenvalue weighted by Crippen LogP contribution is 2.70. The number of nitrogens with zero attached hydrogens (tertiary/aromatic N) is 5. The molecule has 2 aliphatic heterocycles. The van der Waals surface area contributed by atoms with Crippen molar-refractivity contribution in [3.05, 3.63) is 509 Å². The fourth-order valence-electron chi connectivity index (χ4n) is 22.2. The number of hydrogen-bond acceptors (Lipinski definition) is 5. The van der Waals surface area contributed by atoms with Crippen LogP contribution in [0, 0.1) is 17.5 Å². The Morgan fingerprint density at radius 2 is 0.428 bits per heavy atom. The summed E-state index contributed by atoms with van der Waals surface area (Å²) < 4.78 is 44.8. The van der Waals surface area contributed by atoms with E-state index in [4.69, 9.17) is 0 Å². The molecule has 0 bridgehead atoms. The molecule has 2 spiro atoms. The van der Waals surface area contributed by atoms with E-state index in [1.165, 1.54) is 77.4 Å². The molecule has 2 heterocycles. The van der Waals surface area contributed by atoms with E-state index in [2.05, 4.69) is 445 Å². The molecule has 0 fully saturated rings. The second kappa shape index (κ2) is 35.2. The number of halogens is 3. The molecule has 0 N–H and O–H groups in total. The SMILES string of the molecule is C.C.C.C.CC(C)(C)c1ccc(N(c2ccc(F)cc2)c2cc3c(c4ccccc24)-c2c(cc(N(c4ccc(F)cc4)c4ccc(C(C)(C)C)cc4)c4ccccc24)C32c3ccccc3N(c3ccccc3)c3ccccc32)cc1.CC(C)(C)c1ccc(N(c2ccc(F)cc2)c2cc3c(c4ccccc24)-c2c(ccc4ccccc24)C32c3ccccc3N(c3ccccc3)c3ccccc32)cc1. The Bertz CT molecular complexity index is 7720. The summed E-state index contributed by atoms with van der Waals surface area (Å²) >= 11 is 0. The minimum Gasteiger partial charge on any atom is -0.310 e. The first kappa shape index (κ1) is 91.4. The quantitative estimate of drug-likeness (QED) is 0.128. The van der Waals surface area contributed by atoms with Crippen LogP contribution in [0.2, 0.25) is 0 Å². The number of benzene rings is 20. The molecule has 0 amide bonds. The highest BCUT2D eigenvalue weighted by molar-refractivity contribution is 6.21. The fourth-order valence-corrected chi connectivity index (χ4v) is 22.2. The van der Waals surface area contributed by atoms with Gasteiger partial charge in [0.25, 0.3) is 0 Å². The van der Waals surface area contributed by atoms with Crippen LogP contribution in [0.25, 0.3) is 65.3 Å². The lowest BCUT2D eigenvalue weighted by Gasteiger charge is -2.45. The largest absolute Gasteiger partial charge is 0.310 e. The van der Waals surface area contributed by atoms with Crippen LogP contribution < -0.4 is 24.5 Å². The topological polar surface area (TPSA) is 16.2 Å². The van der Waals surface area contributed by atoms with Crippen LogP contribution in [-0.4, -0.2) is 0 Å². The van der Waals surface area contributed by atoms with Crippen molar-refractivity contribution >= 4 is 128 Å². The number of anilines is 15. The predicted molar refractivity (Wildman–Crippen MR) is 581 cm³/mol. The molecule has 5 nitrogen and oxygen atoms in total. The van der Waals surface area contributed by atoms with Crippen molar-refractivity contribution in [1.29, 1.82) is 0 Å². The molecule has 138 heavy (non-hydrogen) atoms. The highest BCUT2D eigenvalue weighted by atomic mass is 19.1. The van der Waals surface area contributed by atoms with E-state index in [0.29, 0.717) is 0 Å². The van der Waals surface area contributed by atoms with E-state index < -0.39 is 10.8 Å². The zero-order valence-corrected chi connectivity index (χ0v) is 76.4. The van der Waals surface area contributed by atoms with Crippen LogP contribution in [0.4, 0.5) is 98.5 Å². The smallest absolute Gasteiger partial charge is 0.123 e. The van der Waals surface area contributed by atoms with Crippen molar-refractivity contribution in [3.63, 3.8) is 0 Å². The summed E-state index contributed by atoms with van der Waals surface area (Å²) in [4.78, 5) is 11.8. The monoisotopic (exact) mass is 1800 g/mol. The van der Waals surface area contributed by atoms with Gasteiger partial charge in [0.1, 0.15) is 17.5 Å². The molecule has 0 atom stereocenters. The van der Waals surface area contributed by atoms with Crippen molar-refractivity contribution in [2.45, 2.75) is 119 Å². The van der Waals surface area contributed by atoms with E-state index in [0.717, 1.165) is 134 Å². The van der Waals surface area contributed by atoms with Gasteiger partial charge in [-0.1, -0.05) is 347 Å². The van der Waals surface area contributed by atoms with Crippen LogP contribution in [-0.2, 0) is 27.1 Å². The Morgan fingerprint density at radius 1 is 0.203 bits per heavy atom. The van der Waals surface area contributed by atoms with Gasteiger partial charge in [-0.05, 0) is 303 Å². The molecule has 8 heteroatoms. The highest BCUT2D eigenvalue weighted by Gasteiger charge is 2.56. The maximum atomic E-state index is 15.1. The lowest BCUT2D eigenvalue weighted by Crippen LogP contribution is -2.36. The first-order valence-corrected chi connectivity index (χ1v) is 46.4. The molecule has 0 radical (unpaired) electrons. The summed E-state index contributed by atoms with van der Waals surface area (Å²) in [5.74, 6) is -0.841. The number of para-hydroxylation sites is 6. The van der Waals surface area contributed by atoms with Crippen molar-refractivity contribution in [1.82, 2.24) is 0 Å². The van der Waals surface area contributed by atoms with Crippen LogP contribution in [0.5, 0.6) is 0 Å². The molecule has 20 aromatic rings. The van der Waals surface area contributed by atoms with Crippen LogP contribution >= 0.6 is 0 Å². The van der Waals surface area contributed by atoms with Gasteiger partial charge >= 0.3 is 0 Å². The van der Waals surface area contributed by atoms with Crippen molar-refractivity contribution in [2.24, 2.45) is 0 Å². The molecule has 680 valence electrons. The van der Waals surface area contributed by atoms with E-state index >= 15 is 8.78 Å². The number of hydrogen-bond donors (Lipinski definition) is 0. The minimum absolute atomic E-state index is 0. The van der Waals surface area contributed by atoms with Gasteiger partial charge in [0, 0.05) is 61.7 Å². The number of rotatable bonds is 11. The van der Waals surface area contributed by atoms with Gasteiger partial charge in [0.15, 0.2) is 0 Å². The summed E-state index contributed by atoms with van der Waals surface area (Å²) in [6.07, 6.45) is 0. The maximum absolute atomic E-state index is 15.1. The standard InChI is InChI=1S/C71H57F2N3.C55H41FN2.4CH4/c1-69(2,3)46-28-36-51(37-29-46)74(53-40-32-48(72)33-41-53)65-44-61-67(57-22-12-10-20-55(57)65)68-58-23-13-11-21-56(58)66(75(54-42-34-49(73)35-43-54)52-38-30-47(31-39-52)70(4,5)6)45-62(68)71(61)59-24-14-16-26-63(59)76(50-18-8-7-9-19-50)64-27-17-15-25-60(64)71;1-54(2,3)37-26-30-40(31-27-37)57(41-32-28-38(56)29-33-41)51-35-48-53(44-20-10-9-19-43(44)51)52-42-18-8-7-15-36(42)25-34-47(52)55(48)45-21-11-13-23-49(45)58(39-16-5-4-6-17-39)50-24-14-12-22-46(50)55;;;;/h7-45H,1-6H3;4-35H,1-3H3;4*1H4. The van der Waals surface area contributed by atoms with Gasteiger partial charge in [-0.25, -0.2) is 13.2 Å². The van der Waals surface area contributed by atoms with E-state index in [-0.39, 0.29) is 63.4 Å². The van der Waals surface area contributed by atoms with Gasteiger partial charge in [0.05, 0.1) is 50.6 Å².